The van der Waals surface area contributed by atoms with Gasteiger partial charge in [-0.05, 0) is 63.2 Å². The molecule has 31 nitrogen and oxygen atoms in total. The van der Waals surface area contributed by atoms with Crippen molar-refractivity contribution in [3.05, 3.63) is 0 Å². The lowest BCUT2D eigenvalue weighted by molar-refractivity contribution is -0.143. The first-order valence-electron chi connectivity index (χ1n) is 23.6. The second kappa shape index (κ2) is 34.5. The Kier molecular flexibility index (Phi) is 30.8. The Bertz CT molecular complexity index is 2030. The number of primary amides is 1. The number of carboxylic acid groups (broad SMARTS) is 4. The topological polar surface area (TPSA) is 551 Å². The highest BCUT2D eigenvalue weighted by molar-refractivity contribution is 5.98. The van der Waals surface area contributed by atoms with Crippen LogP contribution in [0.2, 0.25) is 0 Å². The predicted octanol–water partition coefficient (Wildman–Crippen LogP) is -5.54. The third-order valence-electron chi connectivity index (χ3n) is 10.9. The number of aliphatic imine (C=N–C) groups is 2. The molecular weight excluding hydrogens is 983 g/mol. The molecule has 0 aliphatic heterocycles. The lowest BCUT2D eigenvalue weighted by Crippen LogP contribution is -2.61. The van der Waals surface area contributed by atoms with Gasteiger partial charge in [-0.3, -0.25) is 62.7 Å². The second-order valence-corrected chi connectivity index (χ2v) is 17.7. The minimum Gasteiger partial charge on any atom is -0.481 e. The fraction of sp³-hybridized carbons (Fsp3) is 0.674. The monoisotopic (exact) mass is 1060 g/mol. The van der Waals surface area contributed by atoms with E-state index in [0.29, 0.717) is 0 Å². The third-order valence-corrected chi connectivity index (χ3v) is 10.9. The first-order valence-corrected chi connectivity index (χ1v) is 23.6. The zero-order chi connectivity index (χ0) is 56.8. The van der Waals surface area contributed by atoms with E-state index in [9.17, 15) is 72.9 Å². The number of amides is 8. The summed E-state index contributed by atoms with van der Waals surface area (Å²) in [4.78, 5) is 162. The number of guanidine groups is 2. The number of rotatable bonds is 38. The van der Waals surface area contributed by atoms with Gasteiger partial charge in [0.05, 0.1) is 12.5 Å². The number of nitrogens with one attached hydrogen (secondary N) is 7. The van der Waals surface area contributed by atoms with E-state index >= 15 is 0 Å². The van der Waals surface area contributed by atoms with Gasteiger partial charge in [-0.2, -0.15) is 0 Å². The third kappa shape index (κ3) is 28.2. The van der Waals surface area contributed by atoms with Crippen molar-refractivity contribution in [1.82, 2.24) is 37.2 Å². The zero-order valence-electron chi connectivity index (χ0n) is 41.9. The van der Waals surface area contributed by atoms with E-state index in [0.717, 1.165) is 0 Å². The maximum Gasteiger partial charge on any atom is 0.326 e. The molecule has 0 radical (unpaired) electrons. The van der Waals surface area contributed by atoms with Gasteiger partial charge in [-0.25, -0.2) is 4.79 Å². The molecule has 0 saturated carbocycles. The van der Waals surface area contributed by atoms with Gasteiger partial charge < -0.3 is 92.0 Å². The van der Waals surface area contributed by atoms with Gasteiger partial charge in [0, 0.05) is 32.4 Å². The summed E-state index contributed by atoms with van der Waals surface area (Å²) in [5, 5.41) is 54.5. The number of carboxylic acids is 4. The first-order chi connectivity index (χ1) is 34.5. The van der Waals surface area contributed by atoms with Gasteiger partial charge in [0.1, 0.15) is 42.3 Å². The van der Waals surface area contributed by atoms with E-state index < -0.39 is 164 Å². The average molecular weight is 1060 g/mol. The summed E-state index contributed by atoms with van der Waals surface area (Å²) >= 11 is 0. The number of nitrogens with two attached hydrogens (primary N) is 6. The molecule has 9 atom stereocenters. The van der Waals surface area contributed by atoms with Gasteiger partial charge >= 0.3 is 23.9 Å². The number of hydrogen-bond acceptors (Lipinski definition) is 15. The molecule has 0 aromatic carbocycles. The minimum absolute atomic E-state index is 0.0129. The van der Waals surface area contributed by atoms with Crippen molar-refractivity contribution in [2.45, 2.75) is 160 Å². The molecule has 0 spiro atoms. The number of nitrogens with zero attached hydrogens (tertiary/aromatic N) is 2. The molecule has 418 valence electrons. The largest absolute Gasteiger partial charge is 0.481 e. The van der Waals surface area contributed by atoms with Crippen LogP contribution in [0.3, 0.4) is 0 Å². The first kappa shape index (κ1) is 66.1. The van der Waals surface area contributed by atoms with Gasteiger partial charge in [0.25, 0.3) is 0 Å². The second-order valence-electron chi connectivity index (χ2n) is 17.7. The number of carbonyl (C=O) groups is 12. The Labute approximate surface area is 426 Å². The van der Waals surface area contributed by atoms with Gasteiger partial charge in [-0.1, -0.05) is 34.1 Å². The van der Waals surface area contributed by atoms with E-state index in [1.54, 1.807) is 20.8 Å². The van der Waals surface area contributed by atoms with Crippen LogP contribution < -0.4 is 71.6 Å². The smallest absolute Gasteiger partial charge is 0.326 e. The van der Waals surface area contributed by atoms with Crippen LogP contribution in [-0.2, 0) is 57.5 Å². The number of hydrogen-bond donors (Lipinski definition) is 17. The summed E-state index contributed by atoms with van der Waals surface area (Å²) < 4.78 is 0. The van der Waals surface area contributed by atoms with Crippen molar-refractivity contribution in [2.75, 3.05) is 13.1 Å². The van der Waals surface area contributed by atoms with Crippen molar-refractivity contribution in [3.63, 3.8) is 0 Å². The molecule has 0 aromatic heterocycles. The molecule has 0 rings (SSSR count). The molecule has 0 aromatic rings. The molecule has 0 saturated heterocycles. The Balaban J connectivity index is 6.86. The number of carbonyl (C=O) groups excluding carboxylic acids is 8. The summed E-state index contributed by atoms with van der Waals surface area (Å²) in [6.07, 6.45) is -4.25. The highest BCUT2D eigenvalue weighted by Gasteiger charge is 2.36. The van der Waals surface area contributed by atoms with Crippen LogP contribution in [0.1, 0.15) is 111 Å². The Morgan fingerprint density at radius 1 is 0.459 bits per heavy atom. The lowest BCUT2D eigenvalue weighted by atomic mass is 9.96. The molecule has 0 fully saturated rings. The maximum atomic E-state index is 14.2. The van der Waals surface area contributed by atoms with Crippen LogP contribution in [0.25, 0.3) is 0 Å². The SMILES string of the molecule is CC[C@H](C)[C@H](NC(=O)[C@H](CCC(=O)O)NC(=O)[C@H](CCC(N)=O)NC(=O)[C@@H](N)CCC(=O)O)C(=O)N[C@@H](CCCN=C(N)N)C(=O)N[C@@H](CC(=O)O)C(=O)N[C@@H](CC(C)C)C(=O)N[C@@H](CCCN=C(N)N)C(=O)O. The predicted molar refractivity (Wildman–Crippen MR) is 262 cm³/mol. The van der Waals surface area contributed by atoms with Gasteiger partial charge in [-0.15, -0.1) is 0 Å². The molecule has 0 aliphatic rings. The van der Waals surface area contributed by atoms with E-state index in [4.69, 9.17) is 39.5 Å². The fourth-order valence-corrected chi connectivity index (χ4v) is 6.71. The normalized spacial score (nSPS) is 14.5. The minimum atomic E-state index is -1.91. The van der Waals surface area contributed by atoms with Crippen molar-refractivity contribution >= 4 is 83.1 Å². The summed E-state index contributed by atoms with van der Waals surface area (Å²) in [6.45, 7) is 6.47. The highest BCUT2D eigenvalue weighted by Crippen LogP contribution is 2.13. The van der Waals surface area contributed by atoms with E-state index in [2.05, 4.69) is 47.2 Å². The molecule has 74 heavy (non-hydrogen) atoms. The summed E-state index contributed by atoms with van der Waals surface area (Å²) in [6, 6.07) is -12.7. The van der Waals surface area contributed by atoms with Crippen molar-refractivity contribution in [3.8, 4) is 0 Å². The van der Waals surface area contributed by atoms with Crippen LogP contribution in [-0.4, -0.2) is 165 Å². The zero-order valence-corrected chi connectivity index (χ0v) is 41.9. The fourth-order valence-electron chi connectivity index (χ4n) is 6.71. The van der Waals surface area contributed by atoms with Crippen LogP contribution in [0.5, 0.6) is 0 Å². The standard InChI is InChI=1S/C43H75N15O16/c1-5-21(4)33(58-37(69)25(12-15-31(62)63)53-36(68)24(11-13-29(45)59)52-34(66)22(44)10-14-30(60)61)40(72)54-23(8-6-16-50-42(46)47)35(67)57-28(19-32(64)65)39(71)56-27(18-20(2)3)38(70)55-26(41(73)74)9-7-17-51-43(48)49/h20-28,33H,5-19,44H2,1-4H3,(H2,45,59)(H,52,66)(H,53,68)(H,54,72)(H,55,70)(H,56,71)(H,57,67)(H,58,69)(H,60,61)(H,62,63)(H,64,65)(H,73,74)(H4,46,47,50)(H4,48,49,51)/t21-,22-,23-,24-,25-,26-,27-,28-,33-/m0/s1. The Morgan fingerprint density at radius 3 is 1.31 bits per heavy atom. The van der Waals surface area contributed by atoms with E-state index in [1.165, 1.54) is 6.92 Å². The number of aliphatic carboxylic acids is 4. The molecule has 0 aliphatic carbocycles. The van der Waals surface area contributed by atoms with Crippen molar-refractivity contribution < 1.29 is 78.0 Å². The molecular formula is C43H75N15O16. The summed E-state index contributed by atoms with van der Waals surface area (Å²) in [7, 11) is 0. The van der Waals surface area contributed by atoms with Crippen LogP contribution in [0.15, 0.2) is 9.98 Å². The molecule has 23 N–H and O–H groups in total. The Morgan fingerprint density at radius 2 is 0.851 bits per heavy atom. The van der Waals surface area contributed by atoms with Gasteiger partial charge in [0.15, 0.2) is 11.9 Å². The molecule has 0 bridgehead atoms. The van der Waals surface area contributed by atoms with Crippen LogP contribution >= 0.6 is 0 Å². The summed E-state index contributed by atoms with van der Waals surface area (Å²) in [5.74, 6) is -15.7. The average Bonchev–Trinajstić information content (AvgIpc) is 3.29. The van der Waals surface area contributed by atoms with E-state index in [-0.39, 0.29) is 75.9 Å². The van der Waals surface area contributed by atoms with Gasteiger partial charge in [0.2, 0.25) is 47.3 Å². The molecule has 0 unspecified atom stereocenters. The van der Waals surface area contributed by atoms with Crippen molar-refractivity contribution in [1.29, 1.82) is 0 Å². The maximum absolute atomic E-state index is 14.2. The Hall–Kier alpha value is -7.86. The quantitative estimate of drug-likeness (QED) is 0.0156. The van der Waals surface area contributed by atoms with Crippen molar-refractivity contribution in [2.24, 2.45) is 56.2 Å². The van der Waals surface area contributed by atoms with E-state index in [1.807, 2.05) is 0 Å². The summed E-state index contributed by atoms with van der Waals surface area (Å²) in [5.41, 5.74) is 32.5. The molecule has 31 heteroatoms. The lowest BCUT2D eigenvalue weighted by Gasteiger charge is -2.29. The molecule has 0 heterocycles. The van der Waals surface area contributed by atoms with Crippen LogP contribution in [0, 0.1) is 11.8 Å². The van der Waals surface area contributed by atoms with Crippen LogP contribution in [0.4, 0.5) is 0 Å². The molecule has 8 amide bonds. The highest BCUT2D eigenvalue weighted by atomic mass is 16.4.